The van der Waals surface area contributed by atoms with Crippen molar-refractivity contribution >= 4 is 10.9 Å². The van der Waals surface area contributed by atoms with Gasteiger partial charge in [0.05, 0.1) is 13.2 Å². The summed E-state index contributed by atoms with van der Waals surface area (Å²) in [6.07, 6.45) is 3.94. The maximum Gasteiger partial charge on any atom is 0.120 e. The fraction of sp³-hybridized carbons (Fsp3) is 0.529. The Morgan fingerprint density at radius 2 is 2.14 bits per heavy atom. The van der Waals surface area contributed by atoms with Gasteiger partial charge in [-0.15, -0.1) is 0 Å². The number of fused-ring (bicyclic) bond motifs is 1. The number of hydrogen-bond acceptors (Lipinski definition) is 3. The van der Waals surface area contributed by atoms with E-state index in [0.29, 0.717) is 6.54 Å². The highest BCUT2D eigenvalue weighted by molar-refractivity contribution is 5.84. The Kier molecular flexibility index (Phi) is 4.17. The van der Waals surface area contributed by atoms with E-state index in [2.05, 4.69) is 16.8 Å². The van der Waals surface area contributed by atoms with Crippen LogP contribution in [0.15, 0.2) is 24.4 Å². The van der Waals surface area contributed by atoms with Gasteiger partial charge >= 0.3 is 0 Å². The van der Waals surface area contributed by atoms with Crippen LogP contribution in [0.5, 0.6) is 5.75 Å². The summed E-state index contributed by atoms with van der Waals surface area (Å²) in [7, 11) is 1.66. The van der Waals surface area contributed by atoms with Crippen molar-refractivity contribution in [2.24, 2.45) is 5.92 Å². The summed E-state index contributed by atoms with van der Waals surface area (Å²) in [6, 6.07) is 5.92. The van der Waals surface area contributed by atoms with Gasteiger partial charge in [0.25, 0.3) is 0 Å². The Balaban J connectivity index is 1.74. The summed E-state index contributed by atoms with van der Waals surface area (Å²) < 4.78 is 5.23. The highest BCUT2D eigenvalue weighted by atomic mass is 16.5. The van der Waals surface area contributed by atoms with Crippen LogP contribution in [0.3, 0.4) is 0 Å². The zero-order valence-corrected chi connectivity index (χ0v) is 12.8. The lowest BCUT2D eigenvalue weighted by Crippen LogP contribution is -2.35. The minimum Gasteiger partial charge on any atom is -0.497 e. The highest BCUT2D eigenvalue weighted by Gasteiger charge is 2.20. The smallest absolute Gasteiger partial charge is 0.120 e. The number of hydrogen-bond donors (Lipinski definition) is 2. The van der Waals surface area contributed by atoms with Crippen molar-refractivity contribution in [3.63, 3.8) is 0 Å². The standard InChI is InChI=1S/C17H24N2O2/c1-12-5-7-19(8-6-12)11-17(20)15-10-18-16-9-13(21-2)3-4-14(15)16/h3-4,9-10,12,17-18,20H,5-8,11H2,1-2H3/t17-/m1/s1. The number of likely N-dealkylation sites (tertiary alicyclic amines) is 1. The summed E-state index contributed by atoms with van der Waals surface area (Å²) in [5.41, 5.74) is 1.99. The number of aliphatic hydroxyl groups is 1. The van der Waals surface area contributed by atoms with E-state index in [1.54, 1.807) is 7.11 Å². The van der Waals surface area contributed by atoms with Crippen LogP contribution in [0.4, 0.5) is 0 Å². The van der Waals surface area contributed by atoms with E-state index in [1.165, 1.54) is 12.8 Å². The van der Waals surface area contributed by atoms with Crippen LogP contribution in [0.2, 0.25) is 0 Å². The second-order valence-electron chi connectivity index (χ2n) is 6.15. The third-order valence-corrected chi connectivity index (χ3v) is 4.59. The average molecular weight is 288 g/mol. The lowest BCUT2D eigenvalue weighted by molar-refractivity contribution is 0.0925. The first kappa shape index (κ1) is 14.4. The molecule has 114 valence electrons. The third kappa shape index (κ3) is 3.06. The number of rotatable bonds is 4. The third-order valence-electron chi connectivity index (χ3n) is 4.59. The first-order valence-electron chi connectivity index (χ1n) is 7.73. The molecule has 1 aliphatic rings. The van der Waals surface area contributed by atoms with Crippen LogP contribution in [-0.2, 0) is 0 Å². The fourth-order valence-electron chi connectivity index (χ4n) is 3.12. The molecule has 1 aromatic carbocycles. The van der Waals surface area contributed by atoms with E-state index >= 15 is 0 Å². The first-order valence-corrected chi connectivity index (χ1v) is 7.73. The molecule has 0 radical (unpaired) electrons. The lowest BCUT2D eigenvalue weighted by atomic mass is 9.98. The van der Waals surface area contributed by atoms with Gasteiger partial charge in [-0.1, -0.05) is 6.92 Å². The zero-order chi connectivity index (χ0) is 14.8. The van der Waals surface area contributed by atoms with E-state index in [9.17, 15) is 5.11 Å². The number of aliphatic hydroxyl groups excluding tert-OH is 1. The van der Waals surface area contributed by atoms with Crippen molar-refractivity contribution in [3.8, 4) is 5.75 Å². The van der Waals surface area contributed by atoms with Crippen LogP contribution in [-0.4, -0.2) is 41.7 Å². The number of ether oxygens (including phenoxy) is 1. The van der Waals surface area contributed by atoms with Gasteiger partial charge in [-0.2, -0.15) is 0 Å². The molecule has 1 saturated heterocycles. The zero-order valence-electron chi connectivity index (χ0n) is 12.8. The van der Waals surface area contributed by atoms with Crippen molar-refractivity contribution in [2.45, 2.75) is 25.9 Å². The molecular formula is C17H24N2O2. The van der Waals surface area contributed by atoms with Crippen LogP contribution in [0.1, 0.15) is 31.4 Å². The Morgan fingerprint density at radius 1 is 1.38 bits per heavy atom. The van der Waals surface area contributed by atoms with E-state index < -0.39 is 6.10 Å². The summed E-state index contributed by atoms with van der Waals surface area (Å²) >= 11 is 0. The molecule has 0 bridgehead atoms. The summed E-state index contributed by atoms with van der Waals surface area (Å²) in [4.78, 5) is 5.60. The van der Waals surface area contributed by atoms with Gasteiger partial charge in [-0.3, -0.25) is 0 Å². The number of aromatic nitrogens is 1. The van der Waals surface area contributed by atoms with Crippen LogP contribution in [0.25, 0.3) is 10.9 Å². The van der Waals surface area contributed by atoms with Gasteiger partial charge in [0, 0.05) is 35.3 Å². The molecule has 2 heterocycles. The van der Waals surface area contributed by atoms with E-state index in [0.717, 1.165) is 41.2 Å². The number of benzene rings is 1. The minimum absolute atomic E-state index is 0.444. The Bertz CT molecular complexity index is 600. The second-order valence-corrected chi connectivity index (χ2v) is 6.15. The summed E-state index contributed by atoms with van der Waals surface area (Å²) in [5.74, 6) is 1.65. The highest BCUT2D eigenvalue weighted by Crippen LogP contribution is 2.28. The molecule has 1 aromatic heterocycles. The Morgan fingerprint density at radius 3 is 2.86 bits per heavy atom. The molecule has 0 aliphatic carbocycles. The largest absolute Gasteiger partial charge is 0.497 e. The number of aromatic amines is 1. The van der Waals surface area contributed by atoms with Gasteiger partial charge < -0.3 is 19.7 Å². The molecule has 0 saturated carbocycles. The molecule has 1 fully saturated rings. The summed E-state index contributed by atoms with van der Waals surface area (Å²) in [5, 5.41) is 11.6. The van der Waals surface area contributed by atoms with Gasteiger partial charge in [0.15, 0.2) is 0 Å². The number of nitrogens with one attached hydrogen (secondary N) is 1. The van der Waals surface area contributed by atoms with Gasteiger partial charge in [-0.25, -0.2) is 0 Å². The molecule has 4 nitrogen and oxygen atoms in total. The number of nitrogens with zero attached hydrogens (tertiary/aromatic N) is 1. The predicted octanol–water partition coefficient (Wildman–Crippen LogP) is 2.94. The number of methoxy groups -OCH3 is 1. The lowest BCUT2D eigenvalue weighted by Gasteiger charge is -2.31. The molecule has 1 atom stereocenters. The molecule has 2 N–H and O–H groups in total. The van der Waals surface area contributed by atoms with Gasteiger partial charge in [0.1, 0.15) is 5.75 Å². The topological polar surface area (TPSA) is 48.5 Å². The summed E-state index contributed by atoms with van der Waals surface area (Å²) in [6.45, 7) is 5.20. The monoisotopic (exact) mass is 288 g/mol. The van der Waals surface area contributed by atoms with Crippen molar-refractivity contribution in [1.29, 1.82) is 0 Å². The number of H-pyrrole nitrogens is 1. The first-order chi connectivity index (χ1) is 10.2. The van der Waals surface area contributed by atoms with Gasteiger partial charge in [-0.05, 0) is 44.0 Å². The molecule has 21 heavy (non-hydrogen) atoms. The van der Waals surface area contributed by atoms with Crippen LogP contribution >= 0.6 is 0 Å². The average Bonchev–Trinajstić information content (AvgIpc) is 2.92. The van der Waals surface area contributed by atoms with Crippen molar-refractivity contribution in [2.75, 3.05) is 26.7 Å². The second kappa shape index (κ2) is 6.08. The quantitative estimate of drug-likeness (QED) is 0.909. The molecule has 3 rings (SSSR count). The van der Waals surface area contributed by atoms with Crippen molar-refractivity contribution < 1.29 is 9.84 Å². The van der Waals surface area contributed by atoms with Crippen molar-refractivity contribution in [1.82, 2.24) is 9.88 Å². The van der Waals surface area contributed by atoms with E-state index in [-0.39, 0.29) is 0 Å². The number of piperidine rings is 1. The van der Waals surface area contributed by atoms with Crippen LogP contribution < -0.4 is 4.74 Å². The van der Waals surface area contributed by atoms with E-state index in [1.807, 2.05) is 24.4 Å². The SMILES string of the molecule is COc1ccc2c([C@H](O)CN3CCC(C)CC3)c[nH]c2c1. The molecule has 2 aromatic rings. The Labute approximate surface area is 125 Å². The predicted molar refractivity (Wildman–Crippen MR) is 84.6 cm³/mol. The maximum absolute atomic E-state index is 10.6. The fourth-order valence-corrected chi connectivity index (χ4v) is 3.12. The Hall–Kier alpha value is -1.52. The molecule has 0 amide bonds. The maximum atomic E-state index is 10.6. The van der Waals surface area contributed by atoms with Gasteiger partial charge in [0.2, 0.25) is 0 Å². The van der Waals surface area contributed by atoms with Crippen molar-refractivity contribution in [3.05, 3.63) is 30.0 Å². The van der Waals surface area contributed by atoms with E-state index in [4.69, 9.17) is 4.74 Å². The molecular weight excluding hydrogens is 264 g/mol. The minimum atomic E-state index is -0.444. The number of β-amino-alcohol motifs (C(OH)–C–C–N with tert-alkyl or cyclic N) is 1. The molecule has 4 heteroatoms. The van der Waals surface area contributed by atoms with Crippen LogP contribution in [0, 0.1) is 5.92 Å². The molecule has 0 spiro atoms. The molecule has 1 aliphatic heterocycles. The molecule has 0 unspecified atom stereocenters. The normalized spacial score (nSPS) is 19.0.